The van der Waals surface area contributed by atoms with Crippen molar-refractivity contribution >= 4 is 65.4 Å². The molecule has 3 heteroatoms. The number of hydrogen-bond donors (Lipinski definition) is 0. The van der Waals surface area contributed by atoms with Crippen molar-refractivity contribution in [3.8, 4) is 39.3 Å². The molecule has 0 aliphatic rings. The summed E-state index contributed by atoms with van der Waals surface area (Å²) in [5.74, 6) is 0. The molecule has 266 valence electrons. The molecule has 0 N–H and O–H groups in total. The van der Waals surface area contributed by atoms with Crippen LogP contribution in [-0.2, 0) is 0 Å². The summed E-state index contributed by atoms with van der Waals surface area (Å²) in [6, 6.07) is 77.6. The Bertz CT molecular complexity index is 3280. The highest BCUT2D eigenvalue weighted by Crippen LogP contribution is 2.40. The van der Waals surface area contributed by atoms with Crippen molar-refractivity contribution in [3.63, 3.8) is 0 Å². The fourth-order valence-electron chi connectivity index (χ4n) is 9.29. The molecule has 0 unspecified atom stereocenters. The molecule has 0 aliphatic heterocycles. The summed E-state index contributed by atoms with van der Waals surface area (Å²) in [6.45, 7) is 0. The third kappa shape index (κ3) is 4.86. The van der Waals surface area contributed by atoms with Crippen LogP contribution >= 0.6 is 0 Å². The molecule has 9 aromatic carbocycles. The fraction of sp³-hybridized carbons (Fsp3) is 0. The van der Waals surface area contributed by atoms with Gasteiger partial charge in [-0.05, 0) is 101 Å². The maximum atomic E-state index is 2.44. The van der Waals surface area contributed by atoms with Gasteiger partial charge in [-0.25, -0.2) is 0 Å². The van der Waals surface area contributed by atoms with Crippen LogP contribution in [0.4, 0.5) is 0 Å². The zero-order chi connectivity index (χ0) is 37.5. The number of benzene rings is 9. The highest BCUT2D eigenvalue weighted by molar-refractivity contribution is 6.12. The quantitative estimate of drug-likeness (QED) is 0.168. The molecule has 12 aromatic rings. The van der Waals surface area contributed by atoms with E-state index in [1.807, 2.05) is 0 Å². The standard InChI is InChI=1S/C54H35N3/c1-3-15-40(16-4-1)55-49-23-11-9-21-45(49)47-29-27-36(34-53(47)55)38-31-39(33-42(32-38)57-51-25-13-7-19-43(51)44-20-8-14-26-52(44)57)37-28-30-48-46-22-10-12-24-50(46)56(54(48)35-37)41-17-5-2-6-18-41/h1-35H. The van der Waals surface area contributed by atoms with Gasteiger partial charge in [0.25, 0.3) is 0 Å². The number of fused-ring (bicyclic) bond motifs is 9. The van der Waals surface area contributed by atoms with Gasteiger partial charge < -0.3 is 13.7 Å². The minimum atomic E-state index is 1.13. The van der Waals surface area contributed by atoms with Gasteiger partial charge in [0.1, 0.15) is 0 Å². The lowest BCUT2D eigenvalue weighted by atomic mass is 9.96. The van der Waals surface area contributed by atoms with Crippen LogP contribution in [0.2, 0.25) is 0 Å². The molecule has 0 radical (unpaired) electrons. The van der Waals surface area contributed by atoms with Gasteiger partial charge in [0, 0.05) is 49.4 Å². The van der Waals surface area contributed by atoms with Crippen molar-refractivity contribution in [1.29, 1.82) is 0 Å². The van der Waals surface area contributed by atoms with Gasteiger partial charge in [0.15, 0.2) is 0 Å². The second kappa shape index (κ2) is 12.5. The summed E-state index contributed by atoms with van der Waals surface area (Å²) in [7, 11) is 0. The monoisotopic (exact) mass is 725 g/mol. The first-order chi connectivity index (χ1) is 28.3. The zero-order valence-corrected chi connectivity index (χ0v) is 31.0. The third-order valence-electron chi connectivity index (χ3n) is 11.8. The Morgan fingerprint density at radius 2 is 0.509 bits per heavy atom. The van der Waals surface area contributed by atoms with E-state index in [1.165, 1.54) is 87.7 Å². The van der Waals surface area contributed by atoms with Crippen molar-refractivity contribution in [2.24, 2.45) is 0 Å². The van der Waals surface area contributed by atoms with Gasteiger partial charge in [-0.2, -0.15) is 0 Å². The van der Waals surface area contributed by atoms with E-state index in [1.54, 1.807) is 0 Å². The second-order valence-corrected chi connectivity index (χ2v) is 15.0. The number of para-hydroxylation sites is 6. The van der Waals surface area contributed by atoms with Gasteiger partial charge in [-0.15, -0.1) is 0 Å². The topological polar surface area (TPSA) is 14.8 Å². The van der Waals surface area contributed by atoms with Crippen LogP contribution in [0.1, 0.15) is 0 Å². The average molecular weight is 726 g/mol. The summed E-state index contributed by atoms with van der Waals surface area (Å²) in [5, 5.41) is 7.51. The highest BCUT2D eigenvalue weighted by atomic mass is 15.0. The van der Waals surface area contributed by atoms with E-state index >= 15 is 0 Å². The van der Waals surface area contributed by atoms with Crippen molar-refractivity contribution < 1.29 is 0 Å². The molecule has 0 saturated heterocycles. The molecule has 3 nitrogen and oxygen atoms in total. The normalized spacial score (nSPS) is 11.9. The van der Waals surface area contributed by atoms with Crippen LogP contribution in [0.3, 0.4) is 0 Å². The summed E-state index contributed by atoms with van der Waals surface area (Å²) >= 11 is 0. The Morgan fingerprint density at radius 1 is 0.193 bits per heavy atom. The fourth-order valence-corrected chi connectivity index (χ4v) is 9.29. The minimum absolute atomic E-state index is 1.13. The molecule has 0 amide bonds. The molecule has 57 heavy (non-hydrogen) atoms. The predicted molar refractivity (Wildman–Crippen MR) is 240 cm³/mol. The smallest absolute Gasteiger partial charge is 0.0547 e. The molecule has 0 atom stereocenters. The molecule has 0 saturated carbocycles. The van der Waals surface area contributed by atoms with Crippen molar-refractivity contribution in [2.45, 2.75) is 0 Å². The number of nitrogens with zero attached hydrogens (tertiary/aromatic N) is 3. The van der Waals surface area contributed by atoms with Crippen LogP contribution in [0.5, 0.6) is 0 Å². The van der Waals surface area contributed by atoms with Crippen molar-refractivity contribution in [2.75, 3.05) is 0 Å². The lowest BCUT2D eigenvalue weighted by Crippen LogP contribution is -1.97. The number of hydrogen-bond acceptors (Lipinski definition) is 0. The van der Waals surface area contributed by atoms with E-state index in [2.05, 4.69) is 226 Å². The zero-order valence-electron chi connectivity index (χ0n) is 31.0. The molecular weight excluding hydrogens is 691 g/mol. The lowest BCUT2D eigenvalue weighted by molar-refractivity contribution is 1.18. The molecule has 0 spiro atoms. The summed E-state index contributed by atoms with van der Waals surface area (Å²) in [4.78, 5) is 0. The van der Waals surface area contributed by atoms with Crippen LogP contribution in [0.25, 0.3) is 105 Å². The number of rotatable bonds is 5. The Hall–Kier alpha value is -7.62. The van der Waals surface area contributed by atoms with Gasteiger partial charge in [0.05, 0.1) is 33.1 Å². The highest BCUT2D eigenvalue weighted by Gasteiger charge is 2.18. The lowest BCUT2D eigenvalue weighted by Gasteiger charge is -2.15. The summed E-state index contributed by atoms with van der Waals surface area (Å²) in [5.41, 5.74) is 15.3. The molecule has 0 bridgehead atoms. The first kappa shape index (κ1) is 31.7. The van der Waals surface area contributed by atoms with Crippen molar-refractivity contribution in [1.82, 2.24) is 13.7 Å². The van der Waals surface area contributed by atoms with Gasteiger partial charge in [-0.1, -0.05) is 133 Å². The van der Waals surface area contributed by atoms with E-state index in [4.69, 9.17) is 0 Å². The first-order valence-electron chi connectivity index (χ1n) is 19.6. The Morgan fingerprint density at radius 3 is 0.895 bits per heavy atom. The maximum absolute atomic E-state index is 2.44. The molecule has 3 aromatic heterocycles. The molecule has 0 aliphatic carbocycles. The summed E-state index contributed by atoms with van der Waals surface area (Å²) < 4.78 is 7.25. The first-order valence-corrected chi connectivity index (χ1v) is 19.6. The summed E-state index contributed by atoms with van der Waals surface area (Å²) in [6.07, 6.45) is 0. The molecule has 3 heterocycles. The van der Waals surface area contributed by atoms with Gasteiger partial charge in [-0.3, -0.25) is 0 Å². The SMILES string of the molecule is c1ccc(-n2c3ccccc3c3ccc(-c4cc(-c5ccc6c7ccccc7n(-c7ccccc7)c6c5)cc(-n5c6ccccc6c6ccccc65)c4)cc32)cc1. The minimum Gasteiger partial charge on any atom is -0.309 e. The largest absolute Gasteiger partial charge is 0.309 e. The Labute approximate surface area is 329 Å². The average Bonchev–Trinajstić information content (AvgIpc) is 3.92. The van der Waals surface area contributed by atoms with E-state index in [-0.39, 0.29) is 0 Å². The van der Waals surface area contributed by atoms with E-state index in [0.717, 1.165) is 17.1 Å². The number of aromatic nitrogens is 3. The second-order valence-electron chi connectivity index (χ2n) is 15.0. The third-order valence-corrected chi connectivity index (χ3v) is 11.8. The molecular formula is C54H35N3. The van der Waals surface area contributed by atoms with Crippen LogP contribution in [0, 0.1) is 0 Å². The van der Waals surface area contributed by atoms with Crippen LogP contribution in [0.15, 0.2) is 212 Å². The van der Waals surface area contributed by atoms with E-state index in [0.29, 0.717) is 0 Å². The maximum Gasteiger partial charge on any atom is 0.0547 e. The van der Waals surface area contributed by atoms with Crippen molar-refractivity contribution in [3.05, 3.63) is 212 Å². The van der Waals surface area contributed by atoms with E-state index in [9.17, 15) is 0 Å². The Kier molecular flexibility index (Phi) is 6.93. The van der Waals surface area contributed by atoms with E-state index < -0.39 is 0 Å². The Balaban J connectivity index is 1.14. The van der Waals surface area contributed by atoms with Crippen LogP contribution < -0.4 is 0 Å². The molecule has 12 rings (SSSR count). The van der Waals surface area contributed by atoms with Gasteiger partial charge >= 0.3 is 0 Å². The van der Waals surface area contributed by atoms with Crippen LogP contribution in [-0.4, -0.2) is 13.7 Å². The predicted octanol–water partition coefficient (Wildman–Crippen LogP) is 14.3. The molecule has 0 fully saturated rings. The van der Waals surface area contributed by atoms with Gasteiger partial charge in [0.2, 0.25) is 0 Å².